The third kappa shape index (κ3) is 2.06. The molecular formula is C22H14N2O. The lowest BCUT2D eigenvalue weighted by molar-refractivity contribution is 1.10. The van der Waals surface area contributed by atoms with Gasteiger partial charge in [-0.25, -0.2) is 4.98 Å². The molecule has 0 spiro atoms. The van der Waals surface area contributed by atoms with Crippen LogP contribution in [0, 0.1) is 0 Å². The van der Waals surface area contributed by atoms with Crippen LogP contribution in [0.25, 0.3) is 38.6 Å². The molecule has 0 unspecified atom stereocenters. The zero-order valence-corrected chi connectivity index (χ0v) is 13.4. The molecule has 0 amide bonds. The fourth-order valence-corrected chi connectivity index (χ4v) is 3.40. The Kier molecular flexibility index (Phi) is 2.94. The van der Waals surface area contributed by atoms with E-state index in [1.54, 1.807) is 4.40 Å². The minimum absolute atomic E-state index is 0.0368. The first-order chi connectivity index (χ1) is 12.3. The normalized spacial score (nSPS) is 11.4. The number of pyridine rings is 1. The van der Waals surface area contributed by atoms with E-state index in [1.807, 2.05) is 72.8 Å². The van der Waals surface area contributed by atoms with Crippen LogP contribution in [0.4, 0.5) is 0 Å². The molecule has 0 radical (unpaired) electrons. The SMILES string of the molecule is O=c1c2ccccc2nc2c3ccccc3cc(-c3ccccc3)n12. The predicted octanol–water partition coefficient (Wildman–Crippen LogP) is 4.67. The highest BCUT2D eigenvalue weighted by atomic mass is 16.1. The van der Waals surface area contributed by atoms with Gasteiger partial charge in [0.2, 0.25) is 0 Å². The van der Waals surface area contributed by atoms with Crippen LogP contribution >= 0.6 is 0 Å². The number of fused-ring (bicyclic) bond motifs is 4. The van der Waals surface area contributed by atoms with E-state index in [1.165, 1.54) is 0 Å². The first-order valence-corrected chi connectivity index (χ1v) is 8.21. The Balaban J connectivity index is 2.09. The van der Waals surface area contributed by atoms with Crippen LogP contribution < -0.4 is 5.56 Å². The average Bonchev–Trinajstić information content (AvgIpc) is 2.68. The summed E-state index contributed by atoms with van der Waals surface area (Å²) in [5, 5.41) is 2.68. The first-order valence-electron chi connectivity index (χ1n) is 8.21. The summed E-state index contributed by atoms with van der Waals surface area (Å²) in [5.74, 6) is 0. The topological polar surface area (TPSA) is 34.4 Å². The van der Waals surface area contributed by atoms with E-state index in [-0.39, 0.29) is 5.56 Å². The van der Waals surface area contributed by atoms with Crippen LogP contribution in [0.5, 0.6) is 0 Å². The number of hydrogen-bond acceptors (Lipinski definition) is 2. The number of benzene rings is 3. The highest BCUT2D eigenvalue weighted by Gasteiger charge is 2.13. The van der Waals surface area contributed by atoms with Crippen LogP contribution in [-0.2, 0) is 0 Å². The van der Waals surface area contributed by atoms with Crippen molar-refractivity contribution in [2.45, 2.75) is 0 Å². The maximum Gasteiger partial charge on any atom is 0.266 e. The van der Waals surface area contributed by atoms with Gasteiger partial charge in [0.25, 0.3) is 5.56 Å². The predicted molar refractivity (Wildman–Crippen MR) is 102 cm³/mol. The summed E-state index contributed by atoms with van der Waals surface area (Å²) in [7, 11) is 0. The second kappa shape index (κ2) is 5.28. The zero-order valence-electron chi connectivity index (χ0n) is 13.4. The molecule has 3 heteroatoms. The van der Waals surface area contributed by atoms with Crippen molar-refractivity contribution in [2.24, 2.45) is 0 Å². The lowest BCUT2D eigenvalue weighted by Gasteiger charge is -2.13. The summed E-state index contributed by atoms with van der Waals surface area (Å²) in [6.07, 6.45) is 0. The smallest absolute Gasteiger partial charge is 0.266 e. The Labute approximate surface area is 143 Å². The van der Waals surface area contributed by atoms with Crippen molar-refractivity contribution in [3.8, 4) is 11.3 Å². The lowest BCUT2D eigenvalue weighted by Crippen LogP contribution is -2.17. The van der Waals surface area contributed by atoms with Gasteiger partial charge in [-0.1, -0.05) is 66.7 Å². The molecule has 0 aliphatic carbocycles. The third-order valence-electron chi connectivity index (χ3n) is 4.58. The molecule has 2 heterocycles. The number of rotatable bonds is 1. The Hall–Kier alpha value is -3.46. The molecule has 3 nitrogen and oxygen atoms in total. The van der Waals surface area contributed by atoms with Gasteiger partial charge in [-0.3, -0.25) is 9.20 Å². The molecule has 0 bridgehead atoms. The minimum Gasteiger partial charge on any atom is -0.268 e. The molecule has 0 N–H and O–H groups in total. The Bertz CT molecular complexity index is 1300. The summed E-state index contributed by atoms with van der Waals surface area (Å²) in [5.41, 5.74) is 3.24. The number of nitrogens with zero attached hydrogens (tertiary/aromatic N) is 2. The second-order valence-corrected chi connectivity index (χ2v) is 6.08. The fraction of sp³-hybridized carbons (Fsp3) is 0. The van der Waals surface area contributed by atoms with E-state index in [4.69, 9.17) is 4.98 Å². The van der Waals surface area contributed by atoms with Crippen molar-refractivity contribution in [2.75, 3.05) is 0 Å². The molecule has 5 aromatic rings. The summed E-state index contributed by atoms with van der Waals surface area (Å²) in [6.45, 7) is 0. The standard InChI is InChI=1S/C22H14N2O/c25-22-18-12-6-7-13-19(18)23-21-17-11-5-4-10-16(17)14-20(24(21)22)15-8-2-1-3-9-15/h1-14H. The molecule has 118 valence electrons. The summed E-state index contributed by atoms with van der Waals surface area (Å²) in [6, 6.07) is 27.6. The van der Waals surface area contributed by atoms with E-state index in [2.05, 4.69) is 12.1 Å². The molecule has 25 heavy (non-hydrogen) atoms. The minimum atomic E-state index is -0.0368. The van der Waals surface area contributed by atoms with Crippen LogP contribution in [0.3, 0.4) is 0 Å². The number of aromatic nitrogens is 2. The van der Waals surface area contributed by atoms with Crippen molar-refractivity contribution < 1.29 is 0 Å². The Morgan fingerprint density at radius 1 is 0.720 bits per heavy atom. The molecular weight excluding hydrogens is 308 g/mol. The fourth-order valence-electron chi connectivity index (χ4n) is 3.40. The molecule has 3 aromatic carbocycles. The molecule has 2 aromatic heterocycles. The van der Waals surface area contributed by atoms with E-state index < -0.39 is 0 Å². The Morgan fingerprint density at radius 3 is 2.24 bits per heavy atom. The van der Waals surface area contributed by atoms with Crippen molar-refractivity contribution in [3.05, 3.63) is 95.3 Å². The largest absolute Gasteiger partial charge is 0.268 e. The van der Waals surface area contributed by atoms with Crippen molar-refractivity contribution >= 4 is 27.3 Å². The number of hydrogen-bond donors (Lipinski definition) is 0. The van der Waals surface area contributed by atoms with Gasteiger partial charge in [-0.2, -0.15) is 0 Å². The van der Waals surface area contributed by atoms with Crippen LogP contribution in [0.1, 0.15) is 0 Å². The molecule has 0 atom stereocenters. The molecule has 0 saturated heterocycles. The quantitative estimate of drug-likeness (QED) is 0.332. The van der Waals surface area contributed by atoms with Gasteiger partial charge in [0.05, 0.1) is 16.6 Å². The van der Waals surface area contributed by atoms with E-state index in [0.717, 1.165) is 27.5 Å². The first kappa shape index (κ1) is 13.9. The maximum atomic E-state index is 13.2. The Morgan fingerprint density at radius 2 is 1.40 bits per heavy atom. The monoisotopic (exact) mass is 322 g/mol. The van der Waals surface area contributed by atoms with E-state index >= 15 is 0 Å². The van der Waals surface area contributed by atoms with Crippen molar-refractivity contribution in [3.63, 3.8) is 0 Å². The maximum absolute atomic E-state index is 13.2. The van der Waals surface area contributed by atoms with Gasteiger partial charge >= 0.3 is 0 Å². The molecule has 0 aliphatic rings. The summed E-state index contributed by atoms with van der Waals surface area (Å²) in [4.78, 5) is 18.1. The van der Waals surface area contributed by atoms with Crippen LogP contribution in [-0.4, -0.2) is 9.38 Å². The van der Waals surface area contributed by atoms with Crippen LogP contribution in [0.15, 0.2) is 89.7 Å². The molecule has 0 fully saturated rings. The van der Waals surface area contributed by atoms with Crippen molar-refractivity contribution in [1.29, 1.82) is 0 Å². The zero-order chi connectivity index (χ0) is 16.8. The summed E-state index contributed by atoms with van der Waals surface area (Å²) < 4.78 is 1.74. The summed E-state index contributed by atoms with van der Waals surface area (Å²) >= 11 is 0. The van der Waals surface area contributed by atoms with E-state index in [0.29, 0.717) is 11.0 Å². The van der Waals surface area contributed by atoms with Gasteiger partial charge in [-0.05, 0) is 29.1 Å². The van der Waals surface area contributed by atoms with Crippen molar-refractivity contribution in [1.82, 2.24) is 9.38 Å². The van der Waals surface area contributed by atoms with Gasteiger partial charge in [-0.15, -0.1) is 0 Å². The third-order valence-corrected chi connectivity index (χ3v) is 4.58. The number of para-hydroxylation sites is 1. The highest BCUT2D eigenvalue weighted by molar-refractivity contribution is 5.98. The highest BCUT2D eigenvalue weighted by Crippen LogP contribution is 2.27. The lowest BCUT2D eigenvalue weighted by atomic mass is 10.1. The van der Waals surface area contributed by atoms with Gasteiger partial charge in [0.15, 0.2) is 0 Å². The average molecular weight is 322 g/mol. The van der Waals surface area contributed by atoms with Gasteiger partial charge < -0.3 is 0 Å². The van der Waals surface area contributed by atoms with Gasteiger partial charge in [0.1, 0.15) is 5.65 Å². The second-order valence-electron chi connectivity index (χ2n) is 6.08. The molecule has 0 saturated carbocycles. The molecule has 0 aliphatic heterocycles. The van der Waals surface area contributed by atoms with Crippen LogP contribution in [0.2, 0.25) is 0 Å². The van der Waals surface area contributed by atoms with E-state index in [9.17, 15) is 4.79 Å². The van der Waals surface area contributed by atoms with Gasteiger partial charge in [0, 0.05) is 5.39 Å². The molecule has 5 rings (SSSR count).